The van der Waals surface area contributed by atoms with Crippen LogP contribution in [0, 0.1) is 0 Å². The van der Waals surface area contributed by atoms with Gasteiger partial charge in [0.05, 0.1) is 12.7 Å². The molecule has 1 unspecified atom stereocenters. The van der Waals surface area contributed by atoms with E-state index in [0.29, 0.717) is 5.56 Å². The molecule has 0 aliphatic carbocycles. The molecule has 0 aromatic heterocycles. The Morgan fingerprint density at radius 1 is 1.37 bits per heavy atom. The molecule has 1 atom stereocenters. The quantitative estimate of drug-likeness (QED) is 0.698. The lowest BCUT2D eigenvalue weighted by Gasteiger charge is -2.12. The molecule has 1 amide bonds. The van der Waals surface area contributed by atoms with Crippen LogP contribution in [0.4, 0.5) is 4.79 Å². The highest BCUT2D eigenvalue weighted by Gasteiger charge is 2.17. The summed E-state index contributed by atoms with van der Waals surface area (Å²) in [5, 5.41) is 9.75. The number of rotatable bonds is 6. The molecule has 3 N–H and O–H groups in total. The number of aliphatic hydroxyl groups is 1. The van der Waals surface area contributed by atoms with E-state index in [9.17, 15) is 18.3 Å². The molecule has 1 aromatic carbocycles. The lowest BCUT2D eigenvalue weighted by molar-refractivity contribution is 0.158. The zero-order chi connectivity index (χ0) is 14.3. The minimum absolute atomic E-state index is 0.0635. The molecule has 1 rings (SSSR count). The Morgan fingerprint density at radius 3 is 2.58 bits per heavy atom. The fourth-order valence-corrected chi connectivity index (χ4v) is 2.02. The fourth-order valence-electron chi connectivity index (χ4n) is 1.29. The lowest BCUT2D eigenvalue weighted by Crippen LogP contribution is -2.42. The Labute approximate surface area is 111 Å². The normalized spacial score (nSPS) is 12.7. The molecular weight excluding hydrogens is 272 g/mol. The third-order valence-corrected chi connectivity index (χ3v) is 3.13. The van der Waals surface area contributed by atoms with Crippen molar-refractivity contribution in [2.24, 2.45) is 0 Å². The summed E-state index contributed by atoms with van der Waals surface area (Å²) in [5.74, 6) is 0. The monoisotopic (exact) mass is 288 g/mol. The fraction of sp³-hybridized carbons (Fsp3) is 0.364. The van der Waals surface area contributed by atoms with Crippen molar-refractivity contribution in [1.82, 2.24) is 9.44 Å². The highest BCUT2D eigenvalue weighted by molar-refractivity contribution is 7.88. The van der Waals surface area contributed by atoms with Crippen molar-refractivity contribution in [3.05, 3.63) is 35.9 Å². The summed E-state index contributed by atoms with van der Waals surface area (Å²) in [5.41, 5.74) is 0.571. The molecular formula is C11H16N2O5S. The second-order valence-corrected chi connectivity index (χ2v) is 5.10. The maximum atomic E-state index is 11.4. The first-order valence-electron chi connectivity index (χ1n) is 5.61. The second kappa shape index (κ2) is 7.07. The summed E-state index contributed by atoms with van der Waals surface area (Å²) in [6.45, 7) is 1.37. The minimum Gasteiger partial charge on any atom is -0.449 e. The SMILES string of the molecule is CCOC(=O)NS(=O)(=O)NCC(O)c1ccccc1. The average Bonchev–Trinajstić information content (AvgIpc) is 2.37. The van der Waals surface area contributed by atoms with Gasteiger partial charge in [-0.25, -0.2) is 9.52 Å². The van der Waals surface area contributed by atoms with Gasteiger partial charge in [-0.2, -0.15) is 13.1 Å². The topological polar surface area (TPSA) is 105 Å². The molecule has 0 aliphatic rings. The van der Waals surface area contributed by atoms with Gasteiger partial charge in [0.25, 0.3) is 0 Å². The molecule has 1 aromatic rings. The molecule has 0 saturated heterocycles. The molecule has 0 heterocycles. The Hall–Kier alpha value is -1.64. The minimum atomic E-state index is -4.04. The number of carbonyl (C=O) groups is 1. The Morgan fingerprint density at radius 2 is 2.00 bits per heavy atom. The maximum absolute atomic E-state index is 11.4. The predicted octanol–water partition coefficient (Wildman–Crippen LogP) is 0.300. The number of aliphatic hydroxyl groups excluding tert-OH is 1. The van der Waals surface area contributed by atoms with Crippen LogP contribution in [0.3, 0.4) is 0 Å². The highest BCUT2D eigenvalue weighted by Crippen LogP contribution is 2.10. The van der Waals surface area contributed by atoms with Gasteiger partial charge in [-0.1, -0.05) is 30.3 Å². The first-order valence-corrected chi connectivity index (χ1v) is 7.10. The Bertz CT molecular complexity index is 503. The average molecular weight is 288 g/mol. The number of benzene rings is 1. The highest BCUT2D eigenvalue weighted by atomic mass is 32.2. The van der Waals surface area contributed by atoms with Gasteiger partial charge in [0.1, 0.15) is 0 Å². The van der Waals surface area contributed by atoms with Crippen molar-refractivity contribution >= 4 is 16.3 Å². The van der Waals surface area contributed by atoms with Crippen LogP contribution in [0.5, 0.6) is 0 Å². The first kappa shape index (κ1) is 15.4. The van der Waals surface area contributed by atoms with Gasteiger partial charge < -0.3 is 9.84 Å². The Kier molecular flexibility index (Phi) is 5.74. The van der Waals surface area contributed by atoms with E-state index in [1.165, 1.54) is 0 Å². The number of hydrogen-bond donors (Lipinski definition) is 3. The number of nitrogens with one attached hydrogen (secondary N) is 2. The maximum Gasteiger partial charge on any atom is 0.421 e. The summed E-state index contributed by atoms with van der Waals surface area (Å²) in [4.78, 5) is 11.0. The van der Waals surface area contributed by atoms with Crippen LogP contribution in [0.2, 0.25) is 0 Å². The van der Waals surface area contributed by atoms with E-state index < -0.39 is 22.4 Å². The van der Waals surface area contributed by atoms with Crippen molar-refractivity contribution in [1.29, 1.82) is 0 Å². The van der Waals surface area contributed by atoms with Gasteiger partial charge >= 0.3 is 16.3 Å². The Balaban J connectivity index is 2.49. The van der Waals surface area contributed by atoms with Gasteiger partial charge in [-0.3, -0.25) is 0 Å². The van der Waals surface area contributed by atoms with E-state index >= 15 is 0 Å². The third kappa shape index (κ3) is 5.69. The molecule has 106 valence electrons. The van der Waals surface area contributed by atoms with Gasteiger partial charge in [0.2, 0.25) is 0 Å². The number of ether oxygens (including phenoxy) is 1. The van der Waals surface area contributed by atoms with Crippen LogP contribution in [0.25, 0.3) is 0 Å². The van der Waals surface area contributed by atoms with Crippen LogP contribution < -0.4 is 9.44 Å². The molecule has 0 fully saturated rings. The third-order valence-electron chi connectivity index (χ3n) is 2.14. The summed E-state index contributed by atoms with van der Waals surface area (Å²) in [7, 11) is -4.04. The first-order chi connectivity index (χ1) is 8.94. The standard InChI is InChI=1S/C11H16N2O5S/c1-2-18-11(15)13-19(16,17)12-8-10(14)9-6-4-3-5-7-9/h3-7,10,12,14H,2,8H2,1H3,(H,13,15). The molecule has 0 bridgehead atoms. The van der Waals surface area contributed by atoms with E-state index in [4.69, 9.17) is 0 Å². The largest absolute Gasteiger partial charge is 0.449 e. The van der Waals surface area contributed by atoms with Gasteiger partial charge in [-0.05, 0) is 12.5 Å². The van der Waals surface area contributed by atoms with E-state index in [-0.39, 0.29) is 13.2 Å². The van der Waals surface area contributed by atoms with Crippen molar-refractivity contribution < 1.29 is 23.1 Å². The summed E-state index contributed by atoms with van der Waals surface area (Å²) >= 11 is 0. The van der Waals surface area contributed by atoms with Crippen molar-refractivity contribution in [2.45, 2.75) is 13.0 Å². The number of amides is 1. The smallest absolute Gasteiger partial charge is 0.421 e. The molecule has 0 aliphatic heterocycles. The van der Waals surface area contributed by atoms with Crippen LogP contribution in [0.1, 0.15) is 18.6 Å². The molecule has 19 heavy (non-hydrogen) atoms. The molecule has 0 radical (unpaired) electrons. The molecule has 8 heteroatoms. The van der Waals surface area contributed by atoms with E-state index in [1.807, 2.05) is 0 Å². The molecule has 7 nitrogen and oxygen atoms in total. The van der Waals surface area contributed by atoms with Gasteiger partial charge in [0.15, 0.2) is 0 Å². The van der Waals surface area contributed by atoms with Crippen molar-refractivity contribution in [3.63, 3.8) is 0 Å². The zero-order valence-corrected chi connectivity index (χ0v) is 11.2. The molecule has 0 spiro atoms. The lowest BCUT2D eigenvalue weighted by atomic mass is 10.1. The zero-order valence-electron chi connectivity index (χ0n) is 10.4. The van der Waals surface area contributed by atoms with Gasteiger partial charge in [0, 0.05) is 6.54 Å². The van der Waals surface area contributed by atoms with Gasteiger partial charge in [-0.15, -0.1) is 0 Å². The molecule has 0 saturated carbocycles. The summed E-state index contributed by atoms with van der Waals surface area (Å²) < 4.78 is 31.0. The number of hydrogen-bond acceptors (Lipinski definition) is 5. The van der Waals surface area contributed by atoms with E-state index in [0.717, 1.165) is 0 Å². The van der Waals surface area contributed by atoms with Crippen LogP contribution >= 0.6 is 0 Å². The summed E-state index contributed by atoms with van der Waals surface area (Å²) in [6.07, 6.45) is -2.07. The number of carbonyl (C=O) groups excluding carboxylic acids is 1. The van der Waals surface area contributed by atoms with Crippen LogP contribution in [0.15, 0.2) is 30.3 Å². The predicted molar refractivity (Wildman–Crippen MR) is 68.5 cm³/mol. The summed E-state index contributed by atoms with van der Waals surface area (Å²) in [6, 6.07) is 8.56. The van der Waals surface area contributed by atoms with E-state index in [2.05, 4.69) is 9.46 Å². The van der Waals surface area contributed by atoms with Crippen LogP contribution in [-0.2, 0) is 14.9 Å². The van der Waals surface area contributed by atoms with Crippen molar-refractivity contribution in [3.8, 4) is 0 Å². The second-order valence-electron chi connectivity index (χ2n) is 3.60. The van der Waals surface area contributed by atoms with Crippen molar-refractivity contribution in [2.75, 3.05) is 13.2 Å². The van der Waals surface area contributed by atoms with Crippen LogP contribution in [-0.4, -0.2) is 32.8 Å². The van der Waals surface area contributed by atoms with E-state index in [1.54, 1.807) is 42.0 Å².